The average molecular weight is 368 g/mol. The Hall–Kier alpha value is -2.30. The zero-order valence-corrected chi connectivity index (χ0v) is 15.3. The molecule has 4 rings (SSSR count). The van der Waals surface area contributed by atoms with Gasteiger partial charge in [-0.05, 0) is 61.7 Å². The predicted octanol–water partition coefficient (Wildman–Crippen LogP) is 4.64. The predicted molar refractivity (Wildman–Crippen MR) is 107 cm³/mol. The average Bonchev–Trinajstić information content (AvgIpc) is 3.06. The standard InChI is InChI=1S/C21H22ClN3O/c22-16-4-3-5-17(12-16)24-21(26)14-25-10-8-15(9-11-25)19-13-23-20-7-2-1-6-18(19)20/h1-7,12-13,15,23H,8-11,14H2,(H,24,26). The molecule has 1 amide bonds. The number of H-pyrrole nitrogens is 1. The molecule has 2 heterocycles. The first-order valence-electron chi connectivity index (χ1n) is 9.03. The Kier molecular flexibility index (Phi) is 4.96. The summed E-state index contributed by atoms with van der Waals surface area (Å²) in [6.07, 6.45) is 4.30. The van der Waals surface area contributed by atoms with Crippen LogP contribution in [-0.4, -0.2) is 35.4 Å². The van der Waals surface area contributed by atoms with Gasteiger partial charge in [-0.2, -0.15) is 0 Å². The zero-order valence-electron chi connectivity index (χ0n) is 14.5. The number of hydrogen-bond donors (Lipinski definition) is 2. The second-order valence-electron chi connectivity index (χ2n) is 6.90. The third-order valence-corrected chi connectivity index (χ3v) is 5.36. The van der Waals surface area contributed by atoms with Crippen LogP contribution in [0.3, 0.4) is 0 Å². The summed E-state index contributed by atoms with van der Waals surface area (Å²) in [6, 6.07) is 15.7. The van der Waals surface area contributed by atoms with Crippen LogP contribution in [-0.2, 0) is 4.79 Å². The molecule has 1 aromatic heterocycles. The lowest BCUT2D eigenvalue weighted by Crippen LogP contribution is -2.38. The highest BCUT2D eigenvalue weighted by Crippen LogP contribution is 2.33. The van der Waals surface area contributed by atoms with E-state index in [1.807, 2.05) is 12.1 Å². The van der Waals surface area contributed by atoms with Gasteiger partial charge >= 0.3 is 0 Å². The van der Waals surface area contributed by atoms with Crippen LogP contribution in [0.1, 0.15) is 24.3 Å². The number of halogens is 1. The van der Waals surface area contributed by atoms with Crippen molar-refractivity contribution >= 4 is 34.1 Å². The second-order valence-corrected chi connectivity index (χ2v) is 7.33. The van der Waals surface area contributed by atoms with E-state index in [0.717, 1.165) is 31.6 Å². The Labute approximate surface area is 158 Å². The Morgan fingerprint density at radius 2 is 1.96 bits per heavy atom. The number of carbonyl (C=O) groups is 1. The molecule has 1 fully saturated rings. The van der Waals surface area contributed by atoms with Crippen LogP contribution in [0.2, 0.25) is 5.02 Å². The van der Waals surface area contributed by atoms with Gasteiger partial charge in [0.1, 0.15) is 0 Å². The number of amides is 1. The number of carbonyl (C=O) groups excluding carboxylic acids is 1. The van der Waals surface area contributed by atoms with Crippen molar-refractivity contribution in [2.24, 2.45) is 0 Å². The van der Waals surface area contributed by atoms with Crippen LogP contribution in [0.25, 0.3) is 10.9 Å². The number of anilines is 1. The van der Waals surface area contributed by atoms with Crippen LogP contribution in [0, 0.1) is 0 Å². The number of fused-ring (bicyclic) bond motifs is 1. The summed E-state index contributed by atoms with van der Waals surface area (Å²) in [4.78, 5) is 17.9. The molecule has 1 saturated heterocycles. The lowest BCUT2D eigenvalue weighted by atomic mass is 9.89. The molecule has 2 aromatic carbocycles. The highest BCUT2D eigenvalue weighted by Gasteiger charge is 2.23. The minimum Gasteiger partial charge on any atom is -0.361 e. The Morgan fingerprint density at radius 3 is 2.77 bits per heavy atom. The largest absolute Gasteiger partial charge is 0.361 e. The Balaban J connectivity index is 1.33. The van der Waals surface area contributed by atoms with E-state index < -0.39 is 0 Å². The van der Waals surface area contributed by atoms with Crippen LogP contribution >= 0.6 is 11.6 Å². The van der Waals surface area contributed by atoms with Crippen molar-refractivity contribution in [1.82, 2.24) is 9.88 Å². The molecule has 1 aliphatic heterocycles. The maximum atomic E-state index is 12.3. The van der Waals surface area contributed by atoms with Gasteiger partial charge in [-0.1, -0.05) is 35.9 Å². The van der Waals surface area contributed by atoms with Crippen LogP contribution in [0.5, 0.6) is 0 Å². The van der Waals surface area contributed by atoms with Crippen LogP contribution in [0.15, 0.2) is 54.7 Å². The second kappa shape index (κ2) is 7.52. The van der Waals surface area contributed by atoms with Gasteiger partial charge in [0.15, 0.2) is 0 Å². The minimum absolute atomic E-state index is 0.0119. The molecular weight excluding hydrogens is 346 g/mol. The highest BCUT2D eigenvalue weighted by atomic mass is 35.5. The molecule has 2 N–H and O–H groups in total. The van der Waals surface area contributed by atoms with Crippen LogP contribution < -0.4 is 5.32 Å². The number of benzene rings is 2. The van der Waals surface area contributed by atoms with Gasteiger partial charge in [0.05, 0.1) is 6.54 Å². The molecule has 1 aliphatic rings. The van der Waals surface area contributed by atoms with Crippen molar-refractivity contribution in [3.05, 3.63) is 65.3 Å². The summed E-state index contributed by atoms with van der Waals surface area (Å²) >= 11 is 5.96. The molecule has 0 saturated carbocycles. The number of nitrogens with one attached hydrogen (secondary N) is 2. The van der Waals surface area contributed by atoms with Gasteiger partial charge in [-0.25, -0.2) is 0 Å². The van der Waals surface area contributed by atoms with E-state index in [0.29, 0.717) is 17.5 Å². The van der Waals surface area contributed by atoms with Gasteiger partial charge in [0, 0.05) is 27.8 Å². The molecule has 0 radical (unpaired) electrons. The third-order valence-electron chi connectivity index (χ3n) is 5.12. The highest BCUT2D eigenvalue weighted by molar-refractivity contribution is 6.30. The maximum Gasteiger partial charge on any atom is 0.238 e. The molecule has 0 unspecified atom stereocenters. The van der Waals surface area contributed by atoms with Crippen molar-refractivity contribution in [1.29, 1.82) is 0 Å². The number of aromatic nitrogens is 1. The summed E-state index contributed by atoms with van der Waals surface area (Å²) in [5.41, 5.74) is 3.35. The number of piperidine rings is 1. The molecule has 4 nitrogen and oxygen atoms in total. The topological polar surface area (TPSA) is 48.1 Å². The van der Waals surface area contributed by atoms with Gasteiger partial charge in [-0.15, -0.1) is 0 Å². The van der Waals surface area contributed by atoms with Crippen molar-refractivity contribution in [2.75, 3.05) is 25.0 Å². The van der Waals surface area contributed by atoms with E-state index in [1.54, 1.807) is 12.1 Å². The van der Waals surface area contributed by atoms with Crippen molar-refractivity contribution in [3.8, 4) is 0 Å². The van der Waals surface area contributed by atoms with Crippen LogP contribution in [0.4, 0.5) is 5.69 Å². The number of para-hydroxylation sites is 1. The number of likely N-dealkylation sites (tertiary alicyclic amines) is 1. The maximum absolute atomic E-state index is 12.3. The fraction of sp³-hybridized carbons (Fsp3) is 0.286. The zero-order chi connectivity index (χ0) is 17.9. The van der Waals surface area contributed by atoms with Gasteiger partial charge in [0.25, 0.3) is 0 Å². The summed E-state index contributed by atoms with van der Waals surface area (Å²) in [5, 5.41) is 4.87. The van der Waals surface area contributed by atoms with Crippen molar-refractivity contribution in [3.63, 3.8) is 0 Å². The quantitative estimate of drug-likeness (QED) is 0.705. The first-order chi connectivity index (χ1) is 12.7. The van der Waals surface area contributed by atoms with E-state index >= 15 is 0 Å². The molecule has 26 heavy (non-hydrogen) atoms. The third kappa shape index (κ3) is 3.76. The Bertz CT molecular complexity index is 912. The minimum atomic E-state index is 0.0119. The van der Waals surface area contributed by atoms with Crippen molar-refractivity contribution < 1.29 is 4.79 Å². The fourth-order valence-electron chi connectivity index (χ4n) is 3.80. The van der Waals surface area contributed by atoms with Gasteiger partial charge in [-0.3, -0.25) is 9.69 Å². The number of hydrogen-bond acceptors (Lipinski definition) is 2. The van der Waals surface area contributed by atoms with E-state index in [9.17, 15) is 4.79 Å². The van der Waals surface area contributed by atoms with E-state index in [-0.39, 0.29) is 5.91 Å². The Morgan fingerprint density at radius 1 is 1.15 bits per heavy atom. The van der Waals surface area contributed by atoms with E-state index in [4.69, 9.17) is 11.6 Å². The lowest BCUT2D eigenvalue weighted by Gasteiger charge is -2.31. The molecular formula is C21H22ClN3O. The normalized spacial score (nSPS) is 16.0. The van der Waals surface area contributed by atoms with Crippen molar-refractivity contribution in [2.45, 2.75) is 18.8 Å². The number of nitrogens with zero attached hydrogens (tertiary/aromatic N) is 1. The molecule has 134 valence electrons. The van der Waals surface area contributed by atoms with Gasteiger partial charge in [0.2, 0.25) is 5.91 Å². The summed E-state index contributed by atoms with van der Waals surface area (Å²) in [7, 11) is 0. The molecule has 0 spiro atoms. The number of aromatic amines is 1. The monoisotopic (exact) mass is 367 g/mol. The summed E-state index contributed by atoms with van der Waals surface area (Å²) < 4.78 is 0. The number of rotatable bonds is 4. The smallest absolute Gasteiger partial charge is 0.238 e. The summed E-state index contributed by atoms with van der Waals surface area (Å²) in [6.45, 7) is 2.30. The molecule has 0 aliphatic carbocycles. The first kappa shape index (κ1) is 17.1. The summed E-state index contributed by atoms with van der Waals surface area (Å²) in [5.74, 6) is 0.566. The first-order valence-corrected chi connectivity index (χ1v) is 9.40. The molecule has 0 atom stereocenters. The SMILES string of the molecule is O=C(CN1CCC(c2c[nH]c3ccccc23)CC1)Nc1cccc(Cl)c1. The van der Waals surface area contributed by atoms with Gasteiger partial charge < -0.3 is 10.3 Å². The van der Waals surface area contributed by atoms with E-state index in [1.165, 1.54) is 16.5 Å². The molecule has 0 bridgehead atoms. The fourth-order valence-corrected chi connectivity index (χ4v) is 3.99. The molecule has 5 heteroatoms. The molecule has 3 aromatic rings. The lowest BCUT2D eigenvalue weighted by molar-refractivity contribution is -0.117. The van der Waals surface area contributed by atoms with E-state index in [2.05, 4.69) is 45.7 Å².